The van der Waals surface area contributed by atoms with E-state index in [9.17, 15) is 5.11 Å². The molecule has 0 spiro atoms. The van der Waals surface area contributed by atoms with Crippen LogP contribution in [0.25, 0.3) is 0 Å². The van der Waals surface area contributed by atoms with E-state index in [4.69, 9.17) is 0 Å². The number of hydrogen-bond donors (Lipinski definition) is 1. The maximum absolute atomic E-state index is 10.8. The summed E-state index contributed by atoms with van der Waals surface area (Å²) in [4.78, 5) is 0. The minimum atomic E-state index is -0.121. The Morgan fingerprint density at radius 3 is 2.53 bits per heavy atom. The molecule has 0 bridgehead atoms. The topological polar surface area (TPSA) is 20.2 Å². The van der Waals surface area contributed by atoms with Crippen LogP contribution in [0.5, 0.6) is 0 Å². The van der Waals surface area contributed by atoms with Crippen molar-refractivity contribution in [2.75, 3.05) is 0 Å². The normalized spacial score (nSPS) is 43.5. The second-order valence-electron chi connectivity index (χ2n) is 13.2. The lowest BCUT2D eigenvalue weighted by Crippen LogP contribution is -2.51. The van der Waals surface area contributed by atoms with Gasteiger partial charge in [-0.3, -0.25) is 0 Å². The fraction of sp³-hybridized carbons (Fsp3) is 0.862. The molecule has 1 nitrogen and oxygen atoms in total. The predicted molar refractivity (Wildman–Crippen MR) is 128 cm³/mol. The third kappa shape index (κ3) is 3.56. The van der Waals surface area contributed by atoms with Gasteiger partial charge in [0, 0.05) is 0 Å². The molecule has 2 saturated carbocycles. The van der Waals surface area contributed by atoms with Gasteiger partial charge in [0.05, 0.1) is 6.10 Å². The summed E-state index contributed by atoms with van der Waals surface area (Å²) >= 11 is 0. The highest BCUT2D eigenvalue weighted by atomic mass is 16.3. The molecule has 170 valence electrons. The summed E-state index contributed by atoms with van der Waals surface area (Å²) in [5.41, 5.74) is 6.14. The van der Waals surface area contributed by atoms with Gasteiger partial charge in [-0.05, 0) is 118 Å². The summed E-state index contributed by atoms with van der Waals surface area (Å²) in [6, 6.07) is 0. The number of fused-ring (bicyclic) bond motifs is 4. The Labute approximate surface area is 186 Å². The first kappa shape index (κ1) is 22.6. The second-order valence-corrected chi connectivity index (χ2v) is 13.2. The number of allylic oxidation sites excluding steroid dienone is 4. The minimum absolute atomic E-state index is 0.0547. The predicted octanol–water partition coefficient (Wildman–Crippen LogP) is 8.09. The summed E-state index contributed by atoms with van der Waals surface area (Å²) in [6.45, 7) is 16.9. The van der Waals surface area contributed by atoms with Crippen molar-refractivity contribution in [2.45, 2.75) is 119 Å². The highest BCUT2D eigenvalue weighted by Gasteiger charge is 2.57. The maximum atomic E-state index is 10.8. The van der Waals surface area contributed by atoms with Crippen LogP contribution in [0.4, 0.5) is 0 Å². The lowest BCUT2D eigenvalue weighted by Gasteiger charge is -2.58. The van der Waals surface area contributed by atoms with Crippen LogP contribution >= 0.6 is 0 Å². The lowest BCUT2D eigenvalue weighted by molar-refractivity contribution is -0.0702. The van der Waals surface area contributed by atoms with Gasteiger partial charge in [0.1, 0.15) is 0 Å². The Kier molecular flexibility index (Phi) is 5.87. The van der Waals surface area contributed by atoms with E-state index in [1.54, 1.807) is 0 Å². The summed E-state index contributed by atoms with van der Waals surface area (Å²) in [5.74, 6) is 3.28. The van der Waals surface area contributed by atoms with Crippen LogP contribution in [-0.2, 0) is 0 Å². The van der Waals surface area contributed by atoms with Crippen LogP contribution in [-0.4, -0.2) is 11.2 Å². The van der Waals surface area contributed by atoms with E-state index in [2.05, 4.69) is 54.5 Å². The van der Waals surface area contributed by atoms with Gasteiger partial charge >= 0.3 is 0 Å². The van der Waals surface area contributed by atoms with E-state index < -0.39 is 0 Å². The zero-order chi connectivity index (χ0) is 21.9. The zero-order valence-corrected chi connectivity index (χ0v) is 21.0. The highest BCUT2D eigenvalue weighted by molar-refractivity contribution is 5.35. The van der Waals surface area contributed by atoms with Gasteiger partial charge in [-0.15, -0.1) is 0 Å². The van der Waals surface area contributed by atoms with Crippen LogP contribution in [0.15, 0.2) is 22.8 Å². The molecule has 0 aromatic rings. The molecule has 4 rings (SSSR count). The average Bonchev–Trinajstić information content (AvgIpc) is 2.99. The molecule has 7 atom stereocenters. The second kappa shape index (κ2) is 7.79. The summed E-state index contributed by atoms with van der Waals surface area (Å²) in [5, 5.41) is 10.8. The largest absolute Gasteiger partial charge is 0.393 e. The van der Waals surface area contributed by atoms with E-state index in [0.717, 1.165) is 24.2 Å². The molecule has 0 aromatic carbocycles. The fourth-order valence-corrected chi connectivity index (χ4v) is 8.89. The van der Waals surface area contributed by atoms with Crippen LogP contribution in [0.2, 0.25) is 0 Å². The molecule has 0 heterocycles. The van der Waals surface area contributed by atoms with Gasteiger partial charge in [-0.25, -0.2) is 0 Å². The van der Waals surface area contributed by atoms with Crippen molar-refractivity contribution >= 4 is 0 Å². The first-order valence-electron chi connectivity index (χ1n) is 13.0. The van der Waals surface area contributed by atoms with E-state index in [0.29, 0.717) is 16.7 Å². The van der Waals surface area contributed by atoms with Crippen molar-refractivity contribution in [1.29, 1.82) is 0 Å². The van der Waals surface area contributed by atoms with Crippen molar-refractivity contribution < 1.29 is 5.11 Å². The molecule has 4 aliphatic carbocycles. The minimum Gasteiger partial charge on any atom is -0.393 e. The number of aliphatic hydroxyl groups excluding tert-OH is 1. The SMILES string of the molecule is CC(C)=CCCC(C)C1CCC2C3=C(CCC21C)C1(C)CC(C)(C)C(O)CC1CC3. The molecule has 0 radical (unpaired) electrons. The van der Waals surface area contributed by atoms with Crippen molar-refractivity contribution in [3.05, 3.63) is 22.8 Å². The van der Waals surface area contributed by atoms with Gasteiger partial charge in [-0.1, -0.05) is 57.4 Å². The van der Waals surface area contributed by atoms with E-state index in [-0.39, 0.29) is 11.5 Å². The third-order valence-corrected chi connectivity index (χ3v) is 10.6. The Morgan fingerprint density at radius 2 is 1.83 bits per heavy atom. The Balaban J connectivity index is 1.58. The smallest absolute Gasteiger partial charge is 0.0594 e. The Hall–Kier alpha value is -0.560. The first-order chi connectivity index (χ1) is 14.0. The van der Waals surface area contributed by atoms with Gasteiger partial charge < -0.3 is 5.11 Å². The molecular weight excluding hydrogens is 364 g/mol. The molecule has 1 N–H and O–H groups in total. The lowest BCUT2D eigenvalue weighted by atomic mass is 9.47. The molecular formula is C29H48O. The Morgan fingerprint density at radius 1 is 1.10 bits per heavy atom. The van der Waals surface area contributed by atoms with Gasteiger partial charge in [0.2, 0.25) is 0 Å². The average molecular weight is 413 g/mol. The van der Waals surface area contributed by atoms with Crippen LogP contribution in [0.3, 0.4) is 0 Å². The van der Waals surface area contributed by atoms with Crippen molar-refractivity contribution in [3.8, 4) is 0 Å². The summed E-state index contributed by atoms with van der Waals surface area (Å²) in [7, 11) is 0. The summed E-state index contributed by atoms with van der Waals surface area (Å²) < 4.78 is 0. The maximum Gasteiger partial charge on any atom is 0.0594 e. The molecule has 2 fully saturated rings. The Bertz CT molecular complexity index is 723. The fourth-order valence-electron chi connectivity index (χ4n) is 8.89. The molecule has 0 saturated heterocycles. The third-order valence-electron chi connectivity index (χ3n) is 10.6. The molecule has 0 aliphatic heterocycles. The summed E-state index contributed by atoms with van der Waals surface area (Å²) in [6.07, 6.45) is 15.4. The van der Waals surface area contributed by atoms with E-state index in [1.165, 1.54) is 63.4 Å². The van der Waals surface area contributed by atoms with E-state index >= 15 is 0 Å². The van der Waals surface area contributed by atoms with Gasteiger partial charge in [0.25, 0.3) is 0 Å². The molecule has 7 unspecified atom stereocenters. The van der Waals surface area contributed by atoms with Gasteiger partial charge in [0.15, 0.2) is 0 Å². The van der Waals surface area contributed by atoms with Crippen molar-refractivity contribution in [1.82, 2.24) is 0 Å². The number of rotatable bonds is 4. The first-order valence-corrected chi connectivity index (χ1v) is 13.0. The molecule has 0 aromatic heterocycles. The van der Waals surface area contributed by atoms with Crippen molar-refractivity contribution in [2.24, 2.45) is 39.9 Å². The van der Waals surface area contributed by atoms with Crippen LogP contribution in [0.1, 0.15) is 113 Å². The molecule has 1 heteroatoms. The molecule has 0 amide bonds. The zero-order valence-electron chi connectivity index (χ0n) is 21.0. The quantitative estimate of drug-likeness (QED) is 0.462. The monoisotopic (exact) mass is 412 g/mol. The number of hydrogen-bond acceptors (Lipinski definition) is 1. The van der Waals surface area contributed by atoms with Gasteiger partial charge in [-0.2, -0.15) is 0 Å². The standard InChI is InChI=1S/C29H48O/c1-19(2)9-8-10-20(3)23-13-14-24-22-12-11-21-17-26(30)27(4,5)18-29(21,7)25(22)15-16-28(23,24)6/h9,20-21,23-24,26,30H,8,10-18H2,1-7H3. The highest BCUT2D eigenvalue weighted by Crippen LogP contribution is 2.67. The van der Waals surface area contributed by atoms with Crippen molar-refractivity contribution in [3.63, 3.8) is 0 Å². The van der Waals surface area contributed by atoms with E-state index in [1.807, 2.05) is 11.1 Å². The molecule has 30 heavy (non-hydrogen) atoms. The molecule has 4 aliphatic rings. The number of aliphatic hydroxyl groups is 1. The van der Waals surface area contributed by atoms with Crippen LogP contribution in [0, 0.1) is 39.9 Å². The van der Waals surface area contributed by atoms with Crippen LogP contribution < -0.4 is 0 Å².